The van der Waals surface area contributed by atoms with Crippen molar-refractivity contribution >= 4 is 17.6 Å². The summed E-state index contributed by atoms with van der Waals surface area (Å²) in [6, 6.07) is 0. The quantitative estimate of drug-likeness (QED) is 0.568. The molecule has 0 aromatic carbocycles. The van der Waals surface area contributed by atoms with E-state index in [-0.39, 0.29) is 5.70 Å². The number of carboxylic acid groups (broad SMARTS) is 1. The molecule has 0 aromatic rings. The van der Waals surface area contributed by atoms with Gasteiger partial charge in [-0.3, -0.25) is 10.4 Å². The number of hydrazine groups is 1. The van der Waals surface area contributed by atoms with E-state index in [2.05, 4.69) is 5.43 Å². The number of halogens is 1. The first kappa shape index (κ1) is 7.94. The standard InChI is InChI=1S/C6H7ClN2O2/c1-9-4(6(10)11)2-3-5(7)8-9/h2-3,8H,1H3,(H,10,11). The Morgan fingerprint density at radius 3 is 2.82 bits per heavy atom. The van der Waals surface area contributed by atoms with Crippen LogP contribution in [0.5, 0.6) is 0 Å². The van der Waals surface area contributed by atoms with Gasteiger partial charge in [0.2, 0.25) is 0 Å². The van der Waals surface area contributed by atoms with Gasteiger partial charge in [0.25, 0.3) is 0 Å². The first-order valence-electron chi connectivity index (χ1n) is 2.92. The number of hydrogen-bond donors (Lipinski definition) is 2. The first-order valence-corrected chi connectivity index (χ1v) is 3.30. The van der Waals surface area contributed by atoms with Gasteiger partial charge in [-0.2, -0.15) is 0 Å². The highest BCUT2D eigenvalue weighted by molar-refractivity contribution is 6.29. The van der Waals surface area contributed by atoms with Crippen LogP contribution in [0.2, 0.25) is 0 Å². The Morgan fingerprint density at radius 1 is 1.73 bits per heavy atom. The zero-order valence-electron chi connectivity index (χ0n) is 5.84. The molecule has 0 radical (unpaired) electrons. The molecule has 5 heteroatoms. The van der Waals surface area contributed by atoms with Gasteiger partial charge in [0.05, 0.1) is 0 Å². The lowest BCUT2D eigenvalue weighted by molar-refractivity contribution is -0.134. The van der Waals surface area contributed by atoms with E-state index in [9.17, 15) is 4.79 Å². The molecule has 0 atom stereocenters. The molecular weight excluding hydrogens is 168 g/mol. The minimum Gasteiger partial charge on any atom is -0.477 e. The summed E-state index contributed by atoms with van der Waals surface area (Å²) in [7, 11) is 1.58. The largest absolute Gasteiger partial charge is 0.477 e. The zero-order chi connectivity index (χ0) is 8.43. The van der Waals surface area contributed by atoms with Crippen LogP contribution in [0.25, 0.3) is 0 Å². The number of aliphatic carboxylic acids is 1. The van der Waals surface area contributed by atoms with Crippen molar-refractivity contribution in [1.82, 2.24) is 10.4 Å². The summed E-state index contributed by atoms with van der Waals surface area (Å²) >= 11 is 5.55. The SMILES string of the molecule is CN1NC(Cl)=CC=C1C(=O)O. The third-order valence-corrected chi connectivity index (χ3v) is 1.45. The van der Waals surface area contributed by atoms with E-state index in [1.165, 1.54) is 17.2 Å². The van der Waals surface area contributed by atoms with E-state index >= 15 is 0 Å². The smallest absolute Gasteiger partial charge is 0.354 e. The monoisotopic (exact) mass is 174 g/mol. The lowest BCUT2D eigenvalue weighted by Crippen LogP contribution is -2.36. The van der Waals surface area contributed by atoms with Crippen molar-refractivity contribution in [3.05, 3.63) is 23.0 Å². The molecule has 11 heavy (non-hydrogen) atoms. The van der Waals surface area contributed by atoms with Gasteiger partial charge in [-0.15, -0.1) is 0 Å². The Bertz CT molecular complexity index is 247. The molecule has 0 spiro atoms. The number of likely N-dealkylation sites (N-methyl/N-ethyl adjacent to an activating group) is 1. The highest BCUT2D eigenvalue weighted by Gasteiger charge is 2.15. The van der Waals surface area contributed by atoms with Crippen LogP contribution in [0, 0.1) is 0 Å². The van der Waals surface area contributed by atoms with E-state index < -0.39 is 5.97 Å². The topological polar surface area (TPSA) is 52.6 Å². The number of nitrogens with zero attached hydrogens (tertiary/aromatic N) is 1. The molecule has 0 saturated carbocycles. The summed E-state index contributed by atoms with van der Waals surface area (Å²) in [5.74, 6) is -0.986. The van der Waals surface area contributed by atoms with Crippen LogP contribution < -0.4 is 5.43 Å². The normalized spacial score (nSPS) is 16.7. The van der Waals surface area contributed by atoms with Gasteiger partial charge in [0.1, 0.15) is 10.9 Å². The van der Waals surface area contributed by atoms with Crippen LogP contribution in [0.3, 0.4) is 0 Å². The molecule has 1 aliphatic rings. The predicted octanol–water partition coefficient (Wildman–Crippen LogP) is 0.485. The highest BCUT2D eigenvalue weighted by Crippen LogP contribution is 2.09. The second kappa shape index (κ2) is 2.84. The van der Waals surface area contributed by atoms with Crippen LogP contribution in [0.4, 0.5) is 0 Å². The number of rotatable bonds is 1. The molecule has 2 N–H and O–H groups in total. The van der Waals surface area contributed by atoms with Crippen LogP contribution in [0.1, 0.15) is 0 Å². The molecule has 0 saturated heterocycles. The lowest BCUT2D eigenvalue weighted by Gasteiger charge is -2.23. The molecule has 0 fully saturated rings. The second-order valence-corrected chi connectivity index (χ2v) is 2.45. The maximum absolute atomic E-state index is 10.4. The van der Waals surface area contributed by atoms with Crippen LogP contribution in [-0.2, 0) is 4.79 Å². The molecule has 0 amide bonds. The van der Waals surface area contributed by atoms with Crippen molar-refractivity contribution in [2.45, 2.75) is 0 Å². The second-order valence-electron chi connectivity index (χ2n) is 2.04. The lowest BCUT2D eigenvalue weighted by atomic mass is 10.3. The van der Waals surface area contributed by atoms with E-state index in [0.29, 0.717) is 5.16 Å². The van der Waals surface area contributed by atoms with Gasteiger partial charge in [0, 0.05) is 7.05 Å². The van der Waals surface area contributed by atoms with Gasteiger partial charge in [-0.25, -0.2) is 4.79 Å². The molecular formula is C6H7ClN2O2. The van der Waals surface area contributed by atoms with Gasteiger partial charge < -0.3 is 5.11 Å². The third kappa shape index (κ3) is 1.65. The Hall–Kier alpha value is -1.16. The zero-order valence-corrected chi connectivity index (χ0v) is 6.59. The summed E-state index contributed by atoms with van der Waals surface area (Å²) in [5, 5.41) is 10.3. The maximum Gasteiger partial charge on any atom is 0.354 e. The summed E-state index contributed by atoms with van der Waals surface area (Å²) < 4.78 is 0. The van der Waals surface area contributed by atoms with Gasteiger partial charge in [0.15, 0.2) is 0 Å². The number of nitrogens with one attached hydrogen (secondary N) is 1. The van der Waals surface area contributed by atoms with E-state index in [0.717, 1.165) is 0 Å². The molecule has 60 valence electrons. The first-order chi connectivity index (χ1) is 5.11. The average molecular weight is 175 g/mol. The number of allylic oxidation sites excluding steroid dienone is 2. The summed E-state index contributed by atoms with van der Waals surface area (Å²) in [6.07, 6.45) is 2.92. The third-order valence-electron chi connectivity index (χ3n) is 1.24. The molecule has 1 aliphatic heterocycles. The Kier molecular flexibility index (Phi) is 2.05. The predicted molar refractivity (Wildman–Crippen MR) is 40.6 cm³/mol. The average Bonchev–Trinajstić information content (AvgIpc) is 1.85. The molecule has 4 nitrogen and oxygen atoms in total. The fraction of sp³-hybridized carbons (Fsp3) is 0.167. The minimum atomic E-state index is -0.986. The van der Waals surface area contributed by atoms with Gasteiger partial charge in [-0.1, -0.05) is 11.6 Å². The van der Waals surface area contributed by atoms with E-state index in [1.807, 2.05) is 0 Å². The maximum atomic E-state index is 10.4. The highest BCUT2D eigenvalue weighted by atomic mass is 35.5. The molecule has 0 unspecified atom stereocenters. The molecule has 1 rings (SSSR count). The fourth-order valence-electron chi connectivity index (χ4n) is 0.736. The van der Waals surface area contributed by atoms with Crippen molar-refractivity contribution in [3.8, 4) is 0 Å². The van der Waals surface area contributed by atoms with Gasteiger partial charge >= 0.3 is 5.97 Å². The molecule has 1 heterocycles. The van der Waals surface area contributed by atoms with Crippen LogP contribution in [0.15, 0.2) is 23.0 Å². The molecule has 0 aromatic heterocycles. The Morgan fingerprint density at radius 2 is 2.36 bits per heavy atom. The van der Waals surface area contributed by atoms with Crippen molar-refractivity contribution in [2.24, 2.45) is 0 Å². The van der Waals surface area contributed by atoms with Crippen LogP contribution >= 0.6 is 11.6 Å². The van der Waals surface area contributed by atoms with E-state index in [4.69, 9.17) is 16.7 Å². The van der Waals surface area contributed by atoms with Crippen molar-refractivity contribution in [3.63, 3.8) is 0 Å². The number of carbonyl (C=O) groups is 1. The van der Waals surface area contributed by atoms with Crippen molar-refractivity contribution < 1.29 is 9.90 Å². The van der Waals surface area contributed by atoms with E-state index in [1.54, 1.807) is 7.05 Å². The van der Waals surface area contributed by atoms with Crippen molar-refractivity contribution in [2.75, 3.05) is 7.05 Å². The minimum absolute atomic E-state index is 0.161. The summed E-state index contributed by atoms with van der Waals surface area (Å²) in [4.78, 5) is 10.4. The number of carboxylic acids is 1. The van der Waals surface area contributed by atoms with Crippen LogP contribution in [-0.4, -0.2) is 23.1 Å². The fourth-order valence-corrected chi connectivity index (χ4v) is 0.926. The molecule has 0 bridgehead atoms. The van der Waals surface area contributed by atoms with Gasteiger partial charge in [-0.05, 0) is 12.2 Å². The molecule has 0 aliphatic carbocycles. The summed E-state index contributed by atoms with van der Waals surface area (Å²) in [5.41, 5.74) is 2.78. The number of hydrogen-bond acceptors (Lipinski definition) is 3. The Labute approximate surface area is 68.7 Å². The summed E-state index contributed by atoms with van der Waals surface area (Å²) in [6.45, 7) is 0. The Balaban J connectivity index is 2.87. The van der Waals surface area contributed by atoms with Crippen molar-refractivity contribution in [1.29, 1.82) is 0 Å².